The van der Waals surface area contributed by atoms with E-state index >= 15 is 0 Å². The van der Waals surface area contributed by atoms with E-state index in [0.717, 1.165) is 32.0 Å². The fourth-order valence-electron chi connectivity index (χ4n) is 2.53. The van der Waals surface area contributed by atoms with Crippen molar-refractivity contribution in [3.05, 3.63) is 0 Å². The lowest BCUT2D eigenvalue weighted by molar-refractivity contribution is -0.126. The Morgan fingerprint density at radius 1 is 1.32 bits per heavy atom. The summed E-state index contributed by atoms with van der Waals surface area (Å²) in [5.74, 6) is 0.985. The largest absolute Gasteiger partial charge is 0.354 e. The molecule has 0 aromatic carbocycles. The monoisotopic (exact) mass is 269 g/mol. The molecule has 0 atom stereocenters. The summed E-state index contributed by atoms with van der Waals surface area (Å²) < 4.78 is 0. The van der Waals surface area contributed by atoms with Crippen molar-refractivity contribution >= 4 is 5.91 Å². The van der Waals surface area contributed by atoms with Crippen molar-refractivity contribution in [1.82, 2.24) is 15.5 Å². The molecule has 1 amide bonds. The Morgan fingerprint density at radius 3 is 2.53 bits per heavy atom. The number of hydrogen-bond acceptors (Lipinski definition) is 3. The third kappa shape index (κ3) is 5.91. The molecule has 1 aliphatic heterocycles. The van der Waals surface area contributed by atoms with Crippen molar-refractivity contribution in [2.24, 2.45) is 5.92 Å². The van der Waals surface area contributed by atoms with Crippen LogP contribution in [0, 0.1) is 5.92 Å². The van der Waals surface area contributed by atoms with Gasteiger partial charge >= 0.3 is 0 Å². The standard InChI is InChI=1S/C15H31N3O/c1-5-17-15(3,4)14(19)16-9-6-10-18-11-7-13(2)8-12-18/h13,17H,5-12H2,1-4H3,(H,16,19). The van der Waals surface area contributed by atoms with Gasteiger partial charge in [-0.15, -0.1) is 0 Å². The van der Waals surface area contributed by atoms with Gasteiger partial charge in [-0.05, 0) is 65.2 Å². The minimum Gasteiger partial charge on any atom is -0.354 e. The van der Waals surface area contributed by atoms with Crippen molar-refractivity contribution in [3.63, 3.8) is 0 Å². The zero-order chi connectivity index (χ0) is 14.3. The van der Waals surface area contributed by atoms with Gasteiger partial charge in [0.2, 0.25) is 5.91 Å². The number of likely N-dealkylation sites (tertiary alicyclic amines) is 1. The number of carbonyl (C=O) groups is 1. The molecular formula is C15H31N3O. The fraction of sp³-hybridized carbons (Fsp3) is 0.933. The number of piperidine rings is 1. The Balaban J connectivity index is 2.12. The van der Waals surface area contributed by atoms with E-state index in [0.29, 0.717) is 0 Å². The van der Waals surface area contributed by atoms with Crippen LogP contribution in [0.2, 0.25) is 0 Å². The lowest BCUT2D eigenvalue weighted by Gasteiger charge is -2.30. The van der Waals surface area contributed by atoms with Gasteiger partial charge in [0.15, 0.2) is 0 Å². The van der Waals surface area contributed by atoms with Gasteiger partial charge in [0.25, 0.3) is 0 Å². The van der Waals surface area contributed by atoms with Gasteiger partial charge in [-0.25, -0.2) is 0 Å². The van der Waals surface area contributed by atoms with Crippen molar-refractivity contribution < 1.29 is 4.79 Å². The van der Waals surface area contributed by atoms with E-state index < -0.39 is 5.54 Å². The summed E-state index contributed by atoms with van der Waals surface area (Å²) in [5.41, 5.74) is -0.463. The summed E-state index contributed by atoms with van der Waals surface area (Å²) in [5, 5.41) is 6.22. The van der Waals surface area contributed by atoms with E-state index in [2.05, 4.69) is 22.5 Å². The number of hydrogen-bond donors (Lipinski definition) is 2. The Labute approximate surface area is 118 Å². The summed E-state index contributed by atoms with van der Waals surface area (Å²) in [6.07, 6.45) is 3.68. The number of carbonyl (C=O) groups excluding carboxylic acids is 1. The van der Waals surface area contributed by atoms with E-state index in [4.69, 9.17) is 0 Å². The van der Waals surface area contributed by atoms with E-state index in [9.17, 15) is 4.79 Å². The van der Waals surface area contributed by atoms with Crippen LogP contribution >= 0.6 is 0 Å². The smallest absolute Gasteiger partial charge is 0.239 e. The van der Waals surface area contributed by atoms with Crippen LogP contribution in [0.15, 0.2) is 0 Å². The summed E-state index contributed by atoms with van der Waals surface area (Å²) in [6, 6.07) is 0. The quantitative estimate of drug-likeness (QED) is 0.690. The van der Waals surface area contributed by atoms with Gasteiger partial charge in [0.05, 0.1) is 5.54 Å². The third-order valence-corrected chi connectivity index (χ3v) is 4.00. The van der Waals surface area contributed by atoms with Crippen LogP contribution < -0.4 is 10.6 Å². The first kappa shape index (κ1) is 16.4. The first-order valence-corrected chi connectivity index (χ1v) is 7.71. The van der Waals surface area contributed by atoms with Crippen LogP contribution in [0.1, 0.15) is 47.0 Å². The van der Waals surface area contributed by atoms with Crippen LogP contribution in [-0.2, 0) is 4.79 Å². The van der Waals surface area contributed by atoms with E-state index in [1.807, 2.05) is 20.8 Å². The molecule has 0 aromatic rings. The molecule has 1 rings (SSSR count). The van der Waals surface area contributed by atoms with Gasteiger partial charge in [-0.2, -0.15) is 0 Å². The fourth-order valence-corrected chi connectivity index (χ4v) is 2.53. The van der Waals surface area contributed by atoms with Crippen molar-refractivity contribution in [2.75, 3.05) is 32.7 Å². The lowest BCUT2D eigenvalue weighted by Crippen LogP contribution is -2.52. The second kappa shape index (κ2) is 7.85. The zero-order valence-corrected chi connectivity index (χ0v) is 13.1. The maximum atomic E-state index is 12.0. The third-order valence-electron chi connectivity index (χ3n) is 4.00. The molecule has 0 aromatic heterocycles. The number of rotatable bonds is 7. The van der Waals surface area contributed by atoms with Crippen LogP contribution in [0.4, 0.5) is 0 Å². The lowest BCUT2D eigenvalue weighted by atomic mass is 9.99. The summed E-state index contributed by atoms with van der Waals surface area (Å²) >= 11 is 0. The topological polar surface area (TPSA) is 44.4 Å². The normalized spacial score (nSPS) is 18.5. The molecule has 112 valence electrons. The Bertz CT molecular complexity index is 271. The Hall–Kier alpha value is -0.610. The average molecular weight is 269 g/mol. The van der Waals surface area contributed by atoms with Crippen LogP contribution in [0.25, 0.3) is 0 Å². The highest BCUT2D eigenvalue weighted by atomic mass is 16.2. The molecule has 1 heterocycles. The molecular weight excluding hydrogens is 238 g/mol. The Morgan fingerprint density at radius 2 is 1.95 bits per heavy atom. The summed E-state index contributed by atoms with van der Waals surface area (Å²) in [7, 11) is 0. The molecule has 1 aliphatic rings. The van der Waals surface area contributed by atoms with Crippen molar-refractivity contribution in [1.29, 1.82) is 0 Å². The first-order valence-electron chi connectivity index (χ1n) is 7.71. The predicted molar refractivity (Wildman–Crippen MR) is 80.2 cm³/mol. The summed E-state index contributed by atoms with van der Waals surface area (Å²) in [6.45, 7) is 13.3. The first-order chi connectivity index (χ1) is 8.95. The Kier molecular flexibility index (Phi) is 6.80. The molecule has 0 aliphatic carbocycles. The molecule has 0 saturated carbocycles. The SMILES string of the molecule is CCNC(C)(C)C(=O)NCCCN1CCC(C)CC1. The number of nitrogens with zero attached hydrogens (tertiary/aromatic N) is 1. The number of amides is 1. The van der Waals surface area contributed by atoms with E-state index in [1.54, 1.807) is 0 Å². The highest BCUT2D eigenvalue weighted by Crippen LogP contribution is 2.15. The molecule has 4 nitrogen and oxygen atoms in total. The average Bonchev–Trinajstić information content (AvgIpc) is 2.36. The molecule has 2 N–H and O–H groups in total. The molecule has 0 spiro atoms. The van der Waals surface area contributed by atoms with Gasteiger partial charge in [-0.1, -0.05) is 13.8 Å². The van der Waals surface area contributed by atoms with Crippen LogP contribution in [0.3, 0.4) is 0 Å². The van der Waals surface area contributed by atoms with Gasteiger partial charge in [0.1, 0.15) is 0 Å². The molecule has 0 bridgehead atoms. The molecule has 0 unspecified atom stereocenters. The molecule has 1 saturated heterocycles. The highest BCUT2D eigenvalue weighted by molar-refractivity contribution is 5.85. The minimum atomic E-state index is -0.463. The second-order valence-electron chi connectivity index (χ2n) is 6.29. The van der Waals surface area contributed by atoms with Gasteiger partial charge in [-0.3, -0.25) is 4.79 Å². The summed E-state index contributed by atoms with van der Waals surface area (Å²) in [4.78, 5) is 14.5. The van der Waals surface area contributed by atoms with Gasteiger partial charge < -0.3 is 15.5 Å². The number of nitrogens with one attached hydrogen (secondary N) is 2. The van der Waals surface area contributed by atoms with Crippen molar-refractivity contribution in [2.45, 2.75) is 52.5 Å². The van der Waals surface area contributed by atoms with Gasteiger partial charge in [0, 0.05) is 6.54 Å². The maximum Gasteiger partial charge on any atom is 0.239 e. The van der Waals surface area contributed by atoms with E-state index in [1.165, 1.54) is 25.9 Å². The molecule has 4 heteroatoms. The van der Waals surface area contributed by atoms with Crippen LogP contribution in [-0.4, -0.2) is 49.1 Å². The molecule has 0 radical (unpaired) electrons. The molecule has 1 fully saturated rings. The zero-order valence-electron chi connectivity index (χ0n) is 13.1. The van der Waals surface area contributed by atoms with Crippen LogP contribution in [0.5, 0.6) is 0 Å². The van der Waals surface area contributed by atoms with E-state index in [-0.39, 0.29) is 5.91 Å². The maximum absolute atomic E-state index is 12.0. The highest BCUT2D eigenvalue weighted by Gasteiger charge is 2.25. The van der Waals surface area contributed by atoms with Crippen molar-refractivity contribution in [3.8, 4) is 0 Å². The number of likely N-dealkylation sites (N-methyl/N-ethyl adjacent to an activating group) is 1. The molecule has 19 heavy (non-hydrogen) atoms. The minimum absolute atomic E-state index is 0.0987. The second-order valence-corrected chi connectivity index (χ2v) is 6.29. The predicted octanol–water partition coefficient (Wildman–Crippen LogP) is 1.61.